The van der Waals surface area contributed by atoms with Crippen LogP contribution < -0.4 is 10.1 Å². The van der Waals surface area contributed by atoms with Gasteiger partial charge in [-0.05, 0) is 49.9 Å². The zero-order valence-corrected chi connectivity index (χ0v) is 11.6. The first kappa shape index (κ1) is 14.0. The number of nitriles is 1. The van der Waals surface area contributed by atoms with E-state index in [2.05, 4.69) is 30.2 Å². The fourth-order valence-corrected chi connectivity index (χ4v) is 1.85. The van der Waals surface area contributed by atoms with Gasteiger partial charge in [0.15, 0.2) is 0 Å². The van der Waals surface area contributed by atoms with Gasteiger partial charge in [0.25, 0.3) is 0 Å². The van der Waals surface area contributed by atoms with E-state index in [0.29, 0.717) is 17.1 Å². The summed E-state index contributed by atoms with van der Waals surface area (Å²) in [6, 6.07) is 13.1. The fourth-order valence-electron chi connectivity index (χ4n) is 1.85. The standard InChI is InChI=1S/C16H17N3O/c1-3-18-12(2)16-9-8-15(11-19-16)20-14-6-4-13(10-17)5-7-14/h4-9,11-12,18H,3H2,1-2H3. The normalized spacial score (nSPS) is 11.7. The van der Waals surface area contributed by atoms with Crippen LogP contribution in [0.1, 0.15) is 31.1 Å². The molecule has 4 nitrogen and oxygen atoms in total. The minimum atomic E-state index is 0.226. The molecule has 1 heterocycles. The second-order valence-corrected chi connectivity index (χ2v) is 4.44. The summed E-state index contributed by atoms with van der Waals surface area (Å²) in [4.78, 5) is 4.39. The highest BCUT2D eigenvalue weighted by molar-refractivity contribution is 5.37. The Morgan fingerprint density at radius 2 is 1.90 bits per heavy atom. The van der Waals surface area contributed by atoms with Gasteiger partial charge in [0.05, 0.1) is 23.5 Å². The maximum Gasteiger partial charge on any atom is 0.145 e. The van der Waals surface area contributed by atoms with E-state index in [1.165, 1.54) is 0 Å². The first-order valence-electron chi connectivity index (χ1n) is 6.60. The zero-order chi connectivity index (χ0) is 14.4. The minimum Gasteiger partial charge on any atom is -0.456 e. The van der Waals surface area contributed by atoms with Crippen LogP contribution in [0, 0.1) is 11.3 Å². The molecule has 0 saturated heterocycles. The first-order valence-corrected chi connectivity index (χ1v) is 6.60. The monoisotopic (exact) mass is 267 g/mol. The van der Waals surface area contributed by atoms with Gasteiger partial charge in [-0.3, -0.25) is 4.98 Å². The van der Waals surface area contributed by atoms with Crippen LogP contribution in [0.15, 0.2) is 42.6 Å². The molecule has 1 N–H and O–H groups in total. The van der Waals surface area contributed by atoms with Gasteiger partial charge in [-0.25, -0.2) is 0 Å². The van der Waals surface area contributed by atoms with E-state index in [-0.39, 0.29) is 6.04 Å². The Kier molecular flexibility index (Phi) is 4.70. The molecule has 1 aromatic carbocycles. The van der Waals surface area contributed by atoms with Crippen molar-refractivity contribution in [2.75, 3.05) is 6.54 Å². The van der Waals surface area contributed by atoms with Crippen LogP contribution in [-0.2, 0) is 0 Å². The molecule has 0 fully saturated rings. The third-order valence-corrected chi connectivity index (χ3v) is 2.93. The Labute approximate surface area is 119 Å². The summed E-state index contributed by atoms with van der Waals surface area (Å²) in [5, 5.41) is 12.0. The molecular formula is C16H17N3O. The molecule has 0 spiro atoms. The van der Waals surface area contributed by atoms with E-state index in [0.717, 1.165) is 12.2 Å². The highest BCUT2D eigenvalue weighted by atomic mass is 16.5. The Morgan fingerprint density at radius 1 is 1.20 bits per heavy atom. The predicted molar refractivity (Wildman–Crippen MR) is 77.6 cm³/mol. The summed E-state index contributed by atoms with van der Waals surface area (Å²) < 4.78 is 5.68. The van der Waals surface area contributed by atoms with Crippen molar-refractivity contribution in [3.63, 3.8) is 0 Å². The van der Waals surface area contributed by atoms with Crippen LogP contribution in [0.4, 0.5) is 0 Å². The molecule has 1 unspecified atom stereocenters. The smallest absolute Gasteiger partial charge is 0.145 e. The number of hydrogen-bond donors (Lipinski definition) is 1. The van der Waals surface area contributed by atoms with Gasteiger partial charge in [-0.1, -0.05) is 6.92 Å². The van der Waals surface area contributed by atoms with Crippen molar-refractivity contribution in [3.05, 3.63) is 53.9 Å². The van der Waals surface area contributed by atoms with Crippen molar-refractivity contribution in [2.24, 2.45) is 0 Å². The number of rotatable bonds is 5. The van der Waals surface area contributed by atoms with Gasteiger partial charge in [-0.15, -0.1) is 0 Å². The largest absolute Gasteiger partial charge is 0.456 e. The van der Waals surface area contributed by atoms with Crippen LogP contribution in [0.2, 0.25) is 0 Å². The lowest BCUT2D eigenvalue weighted by molar-refractivity contribution is 0.478. The number of pyridine rings is 1. The Hall–Kier alpha value is -2.38. The van der Waals surface area contributed by atoms with E-state index >= 15 is 0 Å². The van der Waals surface area contributed by atoms with E-state index in [1.54, 1.807) is 30.5 Å². The van der Waals surface area contributed by atoms with E-state index in [4.69, 9.17) is 10.00 Å². The molecule has 0 aliphatic heterocycles. The molecule has 20 heavy (non-hydrogen) atoms. The van der Waals surface area contributed by atoms with Gasteiger partial charge in [0.1, 0.15) is 11.5 Å². The third-order valence-electron chi connectivity index (χ3n) is 2.93. The number of nitrogens with one attached hydrogen (secondary N) is 1. The summed E-state index contributed by atoms with van der Waals surface area (Å²) in [7, 11) is 0. The van der Waals surface area contributed by atoms with Crippen molar-refractivity contribution in [1.82, 2.24) is 10.3 Å². The van der Waals surface area contributed by atoms with Crippen molar-refractivity contribution in [2.45, 2.75) is 19.9 Å². The summed E-state index contributed by atoms with van der Waals surface area (Å²) in [5.41, 5.74) is 1.60. The van der Waals surface area contributed by atoms with Crippen LogP contribution in [0.3, 0.4) is 0 Å². The summed E-state index contributed by atoms with van der Waals surface area (Å²) >= 11 is 0. The molecular weight excluding hydrogens is 250 g/mol. The summed E-state index contributed by atoms with van der Waals surface area (Å²) in [6.07, 6.45) is 1.71. The van der Waals surface area contributed by atoms with Crippen molar-refractivity contribution in [1.29, 1.82) is 5.26 Å². The molecule has 2 aromatic rings. The van der Waals surface area contributed by atoms with Crippen molar-refractivity contribution in [3.8, 4) is 17.6 Å². The Bertz CT molecular complexity index is 585. The maximum atomic E-state index is 8.74. The molecule has 1 atom stereocenters. The number of aromatic nitrogens is 1. The van der Waals surface area contributed by atoms with E-state index < -0.39 is 0 Å². The molecule has 0 amide bonds. The second-order valence-electron chi connectivity index (χ2n) is 4.44. The molecule has 0 radical (unpaired) electrons. The molecule has 2 rings (SSSR count). The molecule has 0 bridgehead atoms. The number of ether oxygens (including phenoxy) is 1. The number of benzene rings is 1. The average molecular weight is 267 g/mol. The Morgan fingerprint density at radius 3 is 2.45 bits per heavy atom. The van der Waals surface area contributed by atoms with Crippen LogP contribution in [0.25, 0.3) is 0 Å². The maximum absolute atomic E-state index is 8.74. The summed E-state index contributed by atoms with van der Waals surface area (Å²) in [5.74, 6) is 1.38. The lowest BCUT2D eigenvalue weighted by atomic mass is 10.2. The highest BCUT2D eigenvalue weighted by Crippen LogP contribution is 2.22. The molecule has 4 heteroatoms. The van der Waals surface area contributed by atoms with Gasteiger partial charge in [0, 0.05) is 6.04 Å². The SMILES string of the molecule is CCNC(C)c1ccc(Oc2ccc(C#N)cc2)cn1. The first-order chi connectivity index (χ1) is 9.72. The topological polar surface area (TPSA) is 57.9 Å². The van der Waals surface area contributed by atoms with Crippen molar-refractivity contribution < 1.29 is 4.74 Å². The van der Waals surface area contributed by atoms with Gasteiger partial charge in [-0.2, -0.15) is 5.26 Å². The van der Waals surface area contributed by atoms with Gasteiger partial charge in [0.2, 0.25) is 0 Å². The van der Waals surface area contributed by atoms with Gasteiger partial charge < -0.3 is 10.1 Å². The molecule has 102 valence electrons. The van der Waals surface area contributed by atoms with Crippen LogP contribution in [-0.4, -0.2) is 11.5 Å². The summed E-state index contributed by atoms with van der Waals surface area (Å²) in [6.45, 7) is 5.05. The lowest BCUT2D eigenvalue weighted by Crippen LogP contribution is -2.18. The highest BCUT2D eigenvalue weighted by Gasteiger charge is 2.05. The van der Waals surface area contributed by atoms with E-state index in [9.17, 15) is 0 Å². The number of nitrogens with zero attached hydrogens (tertiary/aromatic N) is 2. The molecule has 0 aliphatic carbocycles. The fraction of sp³-hybridized carbons (Fsp3) is 0.250. The Balaban J connectivity index is 2.04. The second kappa shape index (κ2) is 6.69. The lowest BCUT2D eigenvalue weighted by Gasteiger charge is -2.12. The molecule has 0 aliphatic rings. The van der Waals surface area contributed by atoms with Crippen LogP contribution in [0.5, 0.6) is 11.5 Å². The minimum absolute atomic E-state index is 0.226. The quantitative estimate of drug-likeness (QED) is 0.901. The van der Waals surface area contributed by atoms with Crippen LogP contribution >= 0.6 is 0 Å². The molecule has 0 saturated carbocycles. The average Bonchev–Trinajstić information content (AvgIpc) is 2.49. The predicted octanol–water partition coefficient (Wildman–Crippen LogP) is 3.42. The third kappa shape index (κ3) is 3.56. The zero-order valence-electron chi connectivity index (χ0n) is 11.6. The van der Waals surface area contributed by atoms with Crippen molar-refractivity contribution >= 4 is 0 Å². The van der Waals surface area contributed by atoms with Gasteiger partial charge >= 0.3 is 0 Å². The number of hydrogen-bond acceptors (Lipinski definition) is 4. The molecule has 1 aromatic heterocycles. The van der Waals surface area contributed by atoms with E-state index in [1.807, 2.05) is 12.1 Å².